The first-order valence-electron chi connectivity index (χ1n) is 6.74. The second kappa shape index (κ2) is 5.77. The standard InChI is InChI=1S/C12H20N4O2/c1-2-4-16-11(3-1)14-15-12(16)8-13-7-10-9-17-5-6-18-10/h10,13H,1-9H2. The molecule has 0 saturated carbocycles. The summed E-state index contributed by atoms with van der Waals surface area (Å²) < 4.78 is 13.2. The third kappa shape index (κ3) is 2.71. The van der Waals surface area contributed by atoms with Gasteiger partial charge in [-0.3, -0.25) is 0 Å². The normalized spacial score (nSPS) is 23.9. The largest absolute Gasteiger partial charge is 0.376 e. The summed E-state index contributed by atoms with van der Waals surface area (Å²) in [6, 6.07) is 0. The molecular formula is C12H20N4O2. The van der Waals surface area contributed by atoms with Gasteiger partial charge in [0.1, 0.15) is 11.6 Å². The van der Waals surface area contributed by atoms with Crippen molar-refractivity contribution in [3.63, 3.8) is 0 Å². The van der Waals surface area contributed by atoms with Crippen LogP contribution in [0.2, 0.25) is 0 Å². The first-order chi connectivity index (χ1) is 8.93. The fraction of sp³-hybridized carbons (Fsp3) is 0.833. The zero-order chi connectivity index (χ0) is 12.2. The number of aryl methyl sites for hydroxylation is 1. The second-order valence-corrected chi connectivity index (χ2v) is 4.84. The highest BCUT2D eigenvalue weighted by Crippen LogP contribution is 2.13. The Kier molecular flexibility index (Phi) is 3.87. The van der Waals surface area contributed by atoms with Gasteiger partial charge in [0.05, 0.1) is 32.5 Å². The van der Waals surface area contributed by atoms with E-state index in [1.54, 1.807) is 0 Å². The third-order valence-electron chi connectivity index (χ3n) is 3.48. The molecule has 1 unspecified atom stereocenters. The van der Waals surface area contributed by atoms with Crippen LogP contribution in [0.1, 0.15) is 24.5 Å². The second-order valence-electron chi connectivity index (χ2n) is 4.84. The monoisotopic (exact) mass is 252 g/mol. The van der Waals surface area contributed by atoms with Gasteiger partial charge in [0.15, 0.2) is 0 Å². The Hall–Kier alpha value is -0.980. The number of ether oxygens (including phenoxy) is 2. The van der Waals surface area contributed by atoms with Crippen molar-refractivity contribution in [2.45, 2.75) is 38.5 Å². The molecule has 3 rings (SSSR count). The van der Waals surface area contributed by atoms with E-state index in [1.165, 1.54) is 12.8 Å². The van der Waals surface area contributed by atoms with Crippen molar-refractivity contribution in [2.75, 3.05) is 26.4 Å². The average molecular weight is 252 g/mol. The van der Waals surface area contributed by atoms with Crippen LogP contribution in [-0.2, 0) is 29.0 Å². The Morgan fingerprint density at radius 2 is 2.28 bits per heavy atom. The van der Waals surface area contributed by atoms with Crippen LogP contribution in [-0.4, -0.2) is 47.2 Å². The quantitative estimate of drug-likeness (QED) is 0.824. The van der Waals surface area contributed by atoms with E-state index >= 15 is 0 Å². The molecule has 18 heavy (non-hydrogen) atoms. The molecule has 1 saturated heterocycles. The molecule has 1 fully saturated rings. The molecule has 3 heterocycles. The van der Waals surface area contributed by atoms with E-state index < -0.39 is 0 Å². The molecule has 0 amide bonds. The first kappa shape index (κ1) is 12.1. The fourth-order valence-corrected chi connectivity index (χ4v) is 2.50. The zero-order valence-corrected chi connectivity index (χ0v) is 10.6. The summed E-state index contributed by atoms with van der Waals surface area (Å²) in [4.78, 5) is 0. The molecule has 0 spiro atoms. The summed E-state index contributed by atoms with van der Waals surface area (Å²) in [5.41, 5.74) is 0. The number of hydrogen-bond donors (Lipinski definition) is 1. The third-order valence-corrected chi connectivity index (χ3v) is 3.48. The minimum Gasteiger partial charge on any atom is -0.376 e. The predicted molar refractivity (Wildman–Crippen MR) is 65.2 cm³/mol. The lowest BCUT2D eigenvalue weighted by molar-refractivity contribution is -0.0865. The maximum atomic E-state index is 5.58. The topological polar surface area (TPSA) is 61.2 Å². The molecule has 100 valence electrons. The van der Waals surface area contributed by atoms with E-state index in [1.807, 2.05) is 0 Å². The Bertz CT molecular complexity index is 387. The average Bonchev–Trinajstić information content (AvgIpc) is 2.84. The molecule has 2 aliphatic rings. The number of hydrogen-bond acceptors (Lipinski definition) is 5. The predicted octanol–water partition coefficient (Wildman–Crippen LogP) is 0.119. The van der Waals surface area contributed by atoms with Gasteiger partial charge in [-0.2, -0.15) is 0 Å². The summed E-state index contributed by atoms with van der Waals surface area (Å²) in [6.45, 7) is 4.73. The lowest BCUT2D eigenvalue weighted by atomic mass is 10.2. The van der Waals surface area contributed by atoms with Gasteiger partial charge in [0, 0.05) is 19.5 Å². The molecule has 6 heteroatoms. The van der Waals surface area contributed by atoms with Crippen molar-refractivity contribution in [1.82, 2.24) is 20.1 Å². The Morgan fingerprint density at radius 1 is 1.28 bits per heavy atom. The lowest BCUT2D eigenvalue weighted by Crippen LogP contribution is -2.37. The fourth-order valence-electron chi connectivity index (χ4n) is 2.50. The van der Waals surface area contributed by atoms with Gasteiger partial charge in [-0.1, -0.05) is 0 Å². The van der Waals surface area contributed by atoms with E-state index in [9.17, 15) is 0 Å². The highest BCUT2D eigenvalue weighted by Gasteiger charge is 2.17. The van der Waals surface area contributed by atoms with Gasteiger partial charge in [0.25, 0.3) is 0 Å². The highest BCUT2D eigenvalue weighted by atomic mass is 16.6. The molecule has 1 aromatic heterocycles. The summed E-state index contributed by atoms with van der Waals surface area (Å²) in [5, 5.41) is 11.9. The van der Waals surface area contributed by atoms with Crippen LogP contribution in [0.25, 0.3) is 0 Å². The van der Waals surface area contributed by atoms with Gasteiger partial charge in [0.2, 0.25) is 0 Å². The molecule has 2 aliphatic heterocycles. The van der Waals surface area contributed by atoms with Crippen molar-refractivity contribution >= 4 is 0 Å². The molecule has 6 nitrogen and oxygen atoms in total. The zero-order valence-electron chi connectivity index (χ0n) is 10.6. The molecule has 0 radical (unpaired) electrons. The summed E-state index contributed by atoms with van der Waals surface area (Å²) in [7, 11) is 0. The smallest absolute Gasteiger partial charge is 0.147 e. The first-order valence-corrected chi connectivity index (χ1v) is 6.74. The minimum absolute atomic E-state index is 0.169. The van der Waals surface area contributed by atoms with Crippen LogP contribution in [0, 0.1) is 0 Å². The molecule has 0 aromatic carbocycles. The Labute approximate surface area is 107 Å². The van der Waals surface area contributed by atoms with E-state index in [0.29, 0.717) is 19.8 Å². The van der Waals surface area contributed by atoms with Crippen LogP contribution in [0.15, 0.2) is 0 Å². The number of aromatic nitrogens is 3. The number of nitrogens with zero attached hydrogens (tertiary/aromatic N) is 3. The SMILES string of the molecule is C1CCn2c(nnc2CNCC2COCCO2)C1. The minimum atomic E-state index is 0.169. The number of nitrogens with one attached hydrogen (secondary N) is 1. The van der Waals surface area contributed by atoms with Crippen molar-refractivity contribution in [1.29, 1.82) is 0 Å². The number of fused-ring (bicyclic) bond motifs is 1. The maximum absolute atomic E-state index is 5.58. The van der Waals surface area contributed by atoms with Gasteiger partial charge in [-0.15, -0.1) is 10.2 Å². The van der Waals surface area contributed by atoms with Crippen LogP contribution >= 0.6 is 0 Å². The molecule has 0 bridgehead atoms. The van der Waals surface area contributed by atoms with Crippen molar-refractivity contribution in [2.24, 2.45) is 0 Å². The van der Waals surface area contributed by atoms with E-state index in [4.69, 9.17) is 9.47 Å². The molecule has 1 N–H and O–H groups in total. The van der Waals surface area contributed by atoms with Gasteiger partial charge in [-0.25, -0.2) is 0 Å². The Morgan fingerprint density at radius 3 is 3.17 bits per heavy atom. The lowest BCUT2D eigenvalue weighted by Gasteiger charge is -2.23. The van der Waals surface area contributed by atoms with Gasteiger partial charge < -0.3 is 19.4 Å². The van der Waals surface area contributed by atoms with Crippen LogP contribution < -0.4 is 5.32 Å². The molecule has 0 aliphatic carbocycles. The van der Waals surface area contributed by atoms with Gasteiger partial charge >= 0.3 is 0 Å². The number of rotatable bonds is 4. The summed E-state index contributed by atoms with van der Waals surface area (Å²) in [5.74, 6) is 2.18. The van der Waals surface area contributed by atoms with Crippen molar-refractivity contribution < 1.29 is 9.47 Å². The maximum Gasteiger partial charge on any atom is 0.147 e. The molecule has 1 atom stereocenters. The summed E-state index contributed by atoms with van der Waals surface area (Å²) >= 11 is 0. The van der Waals surface area contributed by atoms with Gasteiger partial charge in [-0.05, 0) is 12.8 Å². The van der Waals surface area contributed by atoms with Crippen molar-refractivity contribution in [3.05, 3.63) is 11.6 Å². The van der Waals surface area contributed by atoms with E-state index in [-0.39, 0.29) is 6.10 Å². The van der Waals surface area contributed by atoms with Crippen molar-refractivity contribution in [3.8, 4) is 0 Å². The summed E-state index contributed by atoms with van der Waals surface area (Å²) in [6.07, 6.45) is 3.70. The molecular weight excluding hydrogens is 232 g/mol. The van der Waals surface area contributed by atoms with Crippen LogP contribution in [0.4, 0.5) is 0 Å². The van der Waals surface area contributed by atoms with Crippen LogP contribution in [0.5, 0.6) is 0 Å². The van der Waals surface area contributed by atoms with E-state index in [0.717, 1.165) is 37.7 Å². The van der Waals surface area contributed by atoms with Crippen LogP contribution in [0.3, 0.4) is 0 Å². The highest BCUT2D eigenvalue weighted by molar-refractivity contribution is 4.98. The Balaban J connectivity index is 1.49. The molecule has 1 aromatic rings. The van der Waals surface area contributed by atoms with E-state index in [2.05, 4.69) is 20.1 Å².